The van der Waals surface area contributed by atoms with E-state index < -0.39 is 0 Å². The van der Waals surface area contributed by atoms with Gasteiger partial charge in [-0.1, -0.05) is 89.7 Å². The third-order valence-corrected chi connectivity index (χ3v) is 3.61. The van der Waals surface area contributed by atoms with E-state index in [0.717, 1.165) is 12.0 Å². The Morgan fingerprint density at radius 2 is 1.11 bits per heavy atom. The van der Waals surface area contributed by atoms with Gasteiger partial charge in [0.25, 0.3) is 0 Å². The Kier molecular flexibility index (Phi) is 14.5. The third kappa shape index (κ3) is 13.8. The molecular weight excluding hydrogens is 220 g/mol. The number of hydrogen-bond donors (Lipinski definition) is 1. The van der Waals surface area contributed by atoms with Crippen molar-refractivity contribution >= 4 is 0 Å². The second-order valence-electron chi connectivity index (χ2n) is 5.55. The van der Waals surface area contributed by atoms with Crippen LogP contribution in [0.25, 0.3) is 0 Å². The fourth-order valence-corrected chi connectivity index (χ4v) is 2.30. The molecular formula is C17H34O. The molecule has 0 fully saturated rings. The van der Waals surface area contributed by atoms with E-state index in [4.69, 9.17) is 5.11 Å². The summed E-state index contributed by atoms with van der Waals surface area (Å²) in [7, 11) is 0. The largest absolute Gasteiger partial charge is 0.392 e. The van der Waals surface area contributed by atoms with Crippen molar-refractivity contribution in [2.24, 2.45) is 0 Å². The van der Waals surface area contributed by atoms with Gasteiger partial charge in [-0.2, -0.15) is 0 Å². The van der Waals surface area contributed by atoms with E-state index in [0.29, 0.717) is 0 Å². The van der Waals surface area contributed by atoms with Gasteiger partial charge < -0.3 is 5.11 Å². The van der Waals surface area contributed by atoms with E-state index in [2.05, 4.69) is 13.5 Å². The highest BCUT2D eigenvalue weighted by molar-refractivity contribution is 4.92. The minimum Gasteiger partial charge on any atom is -0.392 e. The topological polar surface area (TPSA) is 20.2 Å². The minimum absolute atomic E-state index is 0.165. The summed E-state index contributed by atoms with van der Waals surface area (Å²) in [5, 5.41) is 8.81. The molecule has 18 heavy (non-hydrogen) atoms. The number of unbranched alkanes of at least 4 members (excludes halogenated alkanes) is 11. The average molecular weight is 254 g/mol. The van der Waals surface area contributed by atoms with E-state index in [1.54, 1.807) is 0 Å². The van der Waals surface area contributed by atoms with Gasteiger partial charge in [-0.25, -0.2) is 0 Å². The molecule has 0 amide bonds. The van der Waals surface area contributed by atoms with Crippen LogP contribution in [0, 0.1) is 0 Å². The first-order chi connectivity index (χ1) is 8.81. The summed E-state index contributed by atoms with van der Waals surface area (Å²) in [6.45, 7) is 6.25. The zero-order valence-corrected chi connectivity index (χ0v) is 12.6. The molecule has 0 aliphatic heterocycles. The summed E-state index contributed by atoms with van der Waals surface area (Å²) in [4.78, 5) is 0. The standard InChI is InChI=1S/C17H34O/c1-3-4-5-6-7-8-9-10-11-12-13-14-15-17(2)16-18/h18H,2-16H2,1H3. The summed E-state index contributed by atoms with van der Waals surface area (Å²) in [5.74, 6) is 0. The lowest BCUT2D eigenvalue weighted by molar-refractivity contribution is 0.326. The Morgan fingerprint density at radius 1 is 0.722 bits per heavy atom. The van der Waals surface area contributed by atoms with Gasteiger partial charge in [-0.15, -0.1) is 0 Å². The van der Waals surface area contributed by atoms with Gasteiger partial charge in [0.15, 0.2) is 0 Å². The lowest BCUT2D eigenvalue weighted by atomic mass is 10.0. The SMILES string of the molecule is C=C(CO)CCCCCCCCCCCCCC. The summed E-state index contributed by atoms with van der Waals surface area (Å²) >= 11 is 0. The third-order valence-electron chi connectivity index (χ3n) is 3.61. The van der Waals surface area contributed by atoms with Gasteiger partial charge in [0, 0.05) is 0 Å². The Labute approximate surface area is 115 Å². The fourth-order valence-electron chi connectivity index (χ4n) is 2.30. The molecule has 0 spiro atoms. The molecule has 0 radical (unpaired) electrons. The maximum Gasteiger partial charge on any atom is 0.0639 e. The number of aliphatic hydroxyl groups excluding tert-OH is 1. The maximum atomic E-state index is 8.81. The van der Waals surface area contributed by atoms with Gasteiger partial charge in [0.05, 0.1) is 6.61 Å². The van der Waals surface area contributed by atoms with Crippen LogP contribution in [-0.2, 0) is 0 Å². The molecule has 1 heteroatoms. The van der Waals surface area contributed by atoms with E-state index in [1.807, 2.05) is 0 Å². The van der Waals surface area contributed by atoms with Gasteiger partial charge in [-0.05, 0) is 12.8 Å². The van der Waals surface area contributed by atoms with Crippen molar-refractivity contribution in [2.75, 3.05) is 6.61 Å². The second-order valence-corrected chi connectivity index (χ2v) is 5.55. The van der Waals surface area contributed by atoms with Crippen LogP contribution in [0.5, 0.6) is 0 Å². The smallest absolute Gasteiger partial charge is 0.0639 e. The highest BCUT2D eigenvalue weighted by Crippen LogP contribution is 2.13. The van der Waals surface area contributed by atoms with Crippen molar-refractivity contribution in [3.8, 4) is 0 Å². The van der Waals surface area contributed by atoms with Crippen LogP contribution in [0.15, 0.2) is 12.2 Å². The zero-order valence-electron chi connectivity index (χ0n) is 12.6. The molecule has 0 bridgehead atoms. The number of hydrogen-bond acceptors (Lipinski definition) is 1. The molecule has 0 atom stereocenters. The van der Waals surface area contributed by atoms with Crippen LogP contribution < -0.4 is 0 Å². The molecule has 0 aromatic heterocycles. The lowest BCUT2D eigenvalue weighted by Crippen LogP contribution is -1.88. The second kappa shape index (κ2) is 14.8. The Balaban J connectivity index is 2.97. The molecule has 108 valence electrons. The van der Waals surface area contributed by atoms with Crippen LogP contribution in [0.3, 0.4) is 0 Å². The molecule has 0 saturated heterocycles. The molecule has 1 nitrogen and oxygen atoms in total. The van der Waals surface area contributed by atoms with Crippen LogP contribution >= 0.6 is 0 Å². The van der Waals surface area contributed by atoms with E-state index in [-0.39, 0.29) is 6.61 Å². The molecule has 0 rings (SSSR count). The van der Waals surface area contributed by atoms with Crippen molar-refractivity contribution in [1.82, 2.24) is 0 Å². The Hall–Kier alpha value is -0.300. The first-order valence-corrected chi connectivity index (χ1v) is 8.08. The molecule has 0 aliphatic rings. The maximum absolute atomic E-state index is 8.81. The predicted molar refractivity (Wildman–Crippen MR) is 81.9 cm³/mol. The van der Waals surface area contributed by atoms with Crippen molar-refractivity contribution in [3.63, 3.8) is 0 Å². The van der Waals surface area contributed by atoms with Crippen LogP contribution in [0.2, 0.25) is 0 Å². The summed E-state index contributed by atoms with van der Waals surface area (Å²) in [5.41, 5.74) is 0.988. The van der Waals surface area contributed by atoms with Crippen molar-refractivity contribution in [1.29, 1.82) is 0 Å². The fraction of sp³-hybridized carbons (Fsp3) is 0.882. The van der Waals surface area contributed by atoms with Gasteiger partial charge in [0.2, 0.25) is 0 Å². The van der Waals surface area contributed by atoms with Crippen molar-refractivity contribution in [3.05, 3.63) is 12.2 Å². The van der Waals surface area contributed by atoms with Crippen molar-refractivity contribution < 1.29 is 5.11 Å². The molecule has 0 aliphatic carbocycles. The first kappa shape index (κ1) is 17.7. The normalized spacial score (nSPS) is 10.8. The quantitative estimate of drug-likeness (QED) is 0.315. The lowest BCUT2D eigenvalue weighted by Gasteiger charge is -2.03. The molecule has 0 unspecified atom stereocenters. The van der Waals surface area contributed by atoms with Crippen LogP contribution in [-0.4, -0.2) is 11.7 Å². The monoisotopic (exact) mass is 254 g/mol. The summed E-state index contributed by atoms with van der Waals surface area (Å²) in [6, 6.07) is 0. The molecule has 0 heterocycles. The van der Waals surface area contributed by atoms with Gasteiger partial charge in [0.1, 0.15) is 0 Å². The minimum atomic E-state index is 0.165. The Bertz CT molecular complexity index is 174. The Morgan fingerprint density at radius 3 is 1.50 bits per heavy atom. The van der Waals surface area contributed by atoms with E-state index in [9.17, 15) is 0 Å². The van der Waals surface area contributed by atoms with Gasteiger partial charge in [-0.3, -0.25) is 0 Å². The van der Waals surface area contributed by atoms with Crippen LogP contribution in [0.4, 0.5) is 0 Å². The average Bonchev–Trinajstić information content (AvgIpc) is 2.39. The van der Waals surface area contributed by atoms with Gasteiger partial charge >= 0.3 is 0 Å². The van der Waals surface area contributed by atoms with E-state index in [1.165, 1.54) is 77.0 Å². The summed E-state index contributed by atoms with van der Waals surface area (Å²) < 4.78 is 0. The van der Waals surface area contributed by atoms with Crippen molar-refractivity contribution in [2.45, 2.75) is 90.4 Å². The van der Waals surface area contributed by atoms with E-state index >= 15 is 0 Å². The molecule has 0 aromatic carbocycles. The highest BCUT2D eigenvalue weighted by Gasteiger charge is 1.95. The summed E-state index contributed by atoms with van der Waals surface area (Å²) in [6.07, 6.45) is 17.6. The first-order valence-electron chi connectivity index (χ1n) is 8.08. The molecule has 0 saturated carbocycles. The predicted octanol–water partition coefficient (Wildman–Crippen LogP) is 5.63. The van der Waals surface area contributed by atoms with Crippen LogP contribution in [0.1, 0.15) is 90.4 Å². The number of aliphatic hydroxyl groups is 1. The molecule has 1 N–H and O–H groups in total. The zero-order chi connectivity index (χ0) is 13.5. The number of rotatable bonds is 14. The molecule has 0 aromatic rings. The highest BCUT2D eigenvalue weighted by atomic mass is 16.3.